The Bertz CT molecular complexity index is 736. The smallest absolute Gasteiger partial charge is 0.246 e. The molecule has 28 heavy (non-hydrogen) atoms. The Kier molecular flexibility index (Phi) is 6.40. The molecule has 1 aliphatic heterocycles. The number of nitrogens with zero attached hydrogens (tertiary/aromatic N) is 1. The minimum atomic E-state index is -0.270. The van der Waals surface area contributed by atoms with Crippen LogP contribution in [0.5, 0.6) is 0 Å². The van der Waals surface area contributed by atoms with Crippen molar-refractivity contribution in [1.82, 2.24) is 4.90 Å². The van der Waals surface area contributed by atoms with Gasteiger partial charge in [0.25, 0.3) is 0 Å². The van der Waals surface area contributed by atoms with E-state index < -0.39 is 0 Å². The van der Waals surface area contributed by atoms with Gasteiger partial charge in [-0.3, -0.25) is 9.69 Å². The van der Waals surface area contributed by atoms with Gasteiger partial charge in [-0.1, -0.05) is 61.4 Å². The van der Waals surface area contributed by atoms with Crippen LogP contribution in [-0.2, 0) is 9.53 Å². The van der Waals surface area contributed by atoms with Crippen molar-refractivity contribution in [3.63, 3.8) is 0 Å². The molecule has 1 N–H and O–H groups in total. The van der Waals surface area contributed by atoms with E-state index in [4.69, 9.17) is 4.74 Å². The maximum atomic E-state index is 13.2. The molecule has 4 heteroatoms. The standard InChI is InChI=1S/C24H30N2O2/c27-24(25-20-11-5-2-6-12-20)23(19-9-3-1-4-10-19)26-17-15-22(16-18-26)28-21-13-7-8-14-21/h1-6,9-12,21-23H,7-8,13-18H2,(H,25,27)/t23-/m0/s1. The minimum absolute atomic E-state index is 0.0348. The van der Waals surface area contributed by atoms with Crippen molar-refractivity contribution in [3.05, 3.63) is 66.2 Å². The van der Waals surface area contributed by atoms with E-state index in [2.05, 4.69) is 22.3 Å². The summed E-state index contributed by atoms with van der Waals surface area (Å²) in [7, 11) is 0. The molecule has 0 radical (unpaired) electrons. The fourth-order valence-corrected chi connectivity index (χ4v) is 4.46. The molecule has 2 aromatic rings. The molecule has 2 aliphatic rings. The number of anilines is 1. The molecule has 1 saturated heterocycles. The molecular weight excluding hydrogens is 348 g/mol. The number of likely N-dealkylation sites (tertiary alicyclic amines) is 1. The molecule has 148 valence electrons. The SMILES string of the molecule is O=C(Nc1ccccc1)[C@H](c1ccccc1)N1CCC(OC2CCCC2)CC1. The average Bonchev–Trinajstić information content (AvgIpc) is 3.24. The lowest BCUT2D eigenvalue weighted by Gasteiger charge is -2.37. The summed E-state index contributed by atoms with van der Waals surface area (Å²) in [5.41, 5.74) is 1.89. The van der Waals surface area contributed by atoms with Gasteiger partial charge >= 0.3 is 0 Å². The topological polar surface area (TPSA) is 41.6 Å². The fraction of sp³-hybridized carbons (Fsp3) is 0.458. The maximum absolute atomic E-state index is 13.2. The number of nitrogens with one attached hydrogen (secondary N) is 1. The van der Waals surface area contributed by atoms with E-state index in [9.17, 15) is 4.79 Å². The van der Waals surface area contributed by atoms with Gasteiger partial charge in [0.2, 0.25) is 5.91 Å². The number of hydrogen-bond acceptors (Lipinski definition) is 3. The largest absolute Gasteiger partial charge is 0.375 e. The van der Waals surface area contributed by atoms with Gasteiger partial charge in [0.15, 0.2) is 0 Å². The van der Waals surface area contributed by atoms with E-state index in [0.29, 0.717) is 12.2 Å². The van der Waals surface area contributed by atoms with Crippen molar-refractivity contribution < 1.29 is 9.53 Å². The molecule has 0 bridgehead atoms. The second kappa shape index (κ2) is 9.35. The first-order valence-electron chi connectivity index (χ1n) is 10.6. The summed E-state index contributed by atoms with van der Waals surface area (Å²) in [6.45, 7) is 1.78. The monoisotopic (exact) mass is 378 g/mol. The van der Waals surface area contributed by atoms with Crippen LogP contribution in [0.4, 0.5) is 5.69 Å². The lowest BCUT2D eigenvalue weighted by molar-refractivity contribution is -0.123. The Morgan fingerprint density at radius 1 is 0.857 bits per heavy atom. The first-order valence-corrected chi connectivity index (χ1v) is 10.6. The van der Waals surface area contributed by atoms with E-state index in [1.165, 1.54) is 25.7 Å². The Hall–Kier alpha value is -2.17. The van der Waals surface area contributed by atoms with E-state index in [1.807, 2.05) is 48.5 Å². The average molecular weight is 379 g/mol. The maximum Gasteiger partial charge on any atom is 0.246 e. The van der Waals surface area contributed by atoms with Gasteiger partial charge in [-0.2, -0.15) is 0 Å². The first kappa shape index (κ1) is 19.2. The Morgan fingerprint density at radius 2 is 1.43 bits per heavy atom. The Balaban J connectivity index is 1.43. The van der Waals surface area contributed by atoms with Gasteiger partial charge in [-0.25, -0.2) is 0 Å². The number of rotatable bonds is 6. The lowest BCUT2D eigenvalue weighted by atomic mass is 9.99. The van der Waals surface area contributed by atoms with Crippen molar-refractivity contribution in [1.29, 1.82) is 0 Å². The summed E-state index contributed by atoms with van der Waals surface area (Å²) in [6.07, 6.45) is 7.84. The molecule has 2 aromatic carbocycles. The molecule has 1 heterocycles. The number of amides is 1. The van der Waals surface area contributed by atoms with Crippen molar-refractivity contribution >= 4 is 11.6 Å². The molecule has 1 atom stereocenters. The van der Waals surface area contributed by atoms with Crippen LogP contribution in [0.3, 0.4) is 0 Å². The molecule has 1 aliphatic carbocycles. The second-order valence-corrected chi connectivity index (χ2v) is 7.95. The van der Waals surface area contributed by atoms with Gasteiger partial charge in [-0.15, -0.1) is 0 Å². The van der Waals surface area contributed by atoms with Gasteiger partial charge in [-0.05, 0) is 43.4 Å². The first-order chi connectivity index (χ1) is 13.8. The molecule has 4 rings (SSSR count). The number of ether oxygens (including phenoxy) is 1. The normalized spacial score (nSPS) is 20.1. The van der Waals surface area contributed by atoms with Crippen molar-refractivity contribution in [2.24, 2.45) is 0 Å². The third kappa shape index (κ3) is 4.81. The highest BCUT2D eigenvalue weighted by atomic mass is 16.5. The quantitative estimate of drug-likeness (QED) is 0.786. The third-order valence-corrected chi connectivity index (χ3v) is 5.93. The van der Waals surface area contributed by atoms with Gasteiger partial charge in [0.1, 0.15) is 6.04 Å². The molecule has 4 nitrogen and oxygen atoms in total. The van der Waals surface area contributed by atoms with Crippen LogP contribution in [0.15, 0.2) is 60.7 Å². The summed E-state index contributed by atoms with van der Waals surface area (Å²) >= 11 is 0. The van der Waals surface area contributed by atoms with Crippen molar-refractivity contribution in [2.45, 2.75) is 56.8 Å². The Labute approximate surface area is 167 Å². The summed E-state index contributed by atoms with van der Waals surface area (Å²) < 4.78 is 6.31. The molecule has 0 aromatic heterocycles. The number of benzene rings is 2. The number of piperidine rings is 1. The summed E-state index contributed by atoms with van der Waals surface area (Å²) in [5, 5.41) is 3.10. The van der Waals surface area contributed by atoms with E-state index >= 15 is 0 Å². The highest BCUT2D eigenvalue weighted by molar-refractivity contribution is 5.95. The van der Waals surface area contributed by atoms with E-state index in [0.717, 1.165) is 37.2 Å². The van der Waals surface area contributed by atoms with Crippen LogP contribution in [0.25, 0.3) is 0 Å². The predicted molar refractivity (Wildman–Crippen MR) is 112 cm³/mol. The van der Waals surface area contributed by atoms with Crippen molar-refractivity contribution in [2.75, 3.05) is 18.4 Å². The zero-order valence-electron chi connectivity index (χ0n) is 16.4. The van der Waals surface area contributed by atoms with Crippen LogP contribution in [0, 0.1) is 0 Å². The summed E-state index contributed by atoms with van der Waals surface area (Å²) in [6, 6.07) is 19.6. The zero-order valence-corrected chi connectivity index (χ0v) is 16.4. The van der Waals surface area contributed by atoms with Crippen LogP contribution in [-0.4, -0.2) is 36.1 Å². The molecule has 1 amide bonds. The van der Waals surface area contributed by atoms with E-state index in [-0.39, 0.29) is 11.9 Å². The van der Waals surface area contributed by atoms with Gasteiger partial charge < -0.3 is 10.1 Å². The number of carbonyl (C=O) groups is 1. The van der Waals surface area contributed by atoms with Crippen LogP contribution in [0.1, 0.15) is 50.1 Å². The van der Waals surface area contributed by atoms with Crippen LogP contribution in [0.2, 0.25) is 0 Å². The molecule has 0 unspecified atom stereocenters. The number of carbonyl (C=O) groups excluding carboxylic acids is 1. The zero-order chi connectivity index (χ0) is 19.2. The third-order valence-electron chi connectivity index (χ3n) is 5.93. The highest BCUT2D eigenvalue weighted by Gasteiger charge is 2.32. The molecular formula is C24H30N2O2. The molecule has 0 spiro atoms. The van der Waals surface area contributed by atoms with Gasteiger partial charge in [0.05, 0.1) is 12.2 Å². The number of hydrogen-bond donors (Lipinski definition) is 1. The molecule has 2 fully saturated rings. The summed E-state index contributed by atoms with van der Waals surface area (Å²) in [5.74, 6) is 0.0348. The van der Waals surface area contributed by atoms with E-state index in [1.54, 1.807) is 0 Å². The van der Waals surface area contributed by atoms with Crippen molar-refractivity contribution in [3.8, 4) is 0 Å². The minimum Gasteiger partial charge on any atom is -0.375 e. The second-order valence-electron chi connectivity index (χ2n) is 7.95. The number of para-hydroxylation sites is 1. The van der Waals surface area contributed by atoms with Crippen LogP contribution >= 0.6 is 0 Å². The Morgan fingerprint density at radius 3 is 2.07 bits per heavy atom. The predicted octanol–water partition coefficient (Wildman–Crippen LogP) is 4.79. The lowest BCUT2D eigenvalue weighted by Crippen LogP contribution is -2.44. The highest BCUT2D eigenvalue weighted by Crippen LogP contribution is 2.29. The summed E-state index contributed by atoms with van der Waals surface area (Å²) in [4.78, 5) is 15.5. The molecule has 1 saturated carbocycles. The van der Waals surface area contributed by atoms with Crippen LogP contribution < -0.4 is 5.32 Å². The van der Waals surface area contributed by atoms with Gasteiger partial charge in [0, 0.05) is 18.8 Å². The fourth-order valence-electron chi connectivity index (χ4n) is 4.46.